The summed E-state index contributed by atoms with van der Waals surface area (Å²) < 4.78 is 0. The maximum absolute atomic E-state index is 13.3. The molecule has 4 nitrogen and oxygen atoms in total. The zero-order valence-corrected chi connectivity index (χ0v) is 17.6. The average molecular weight is 426 g/mol. The van der Waals surface area contributed by atoms with Crippen molar-refractivity contribution in [3.05, 3.63) is 106 Å². The molecule has 1 N–H and O–H groups in total. The molecular weight excluding hydrogens is 406 g/mol. The van der Waals surface area contributed by atoms with Crippen LogP contribution in [0.4, 0.5) is 5.69 Å². The highest BCUT2D eigenvalue weighted by atomic mass is 32.1. The van der Waals surface area contributed by atoms with Crippen LogP contribution in [0.15, 0.2) is 89.8 Å². The number of nitrogens with zero attached hydrogens (tertiary/aromatic N) is 1. The first-order valence-electron chi connectivity index (χ1n) is 9.96. The summed E-state index contributed by atoms with van der Waals surface area (Å²) in [6, 6.07) is 23.7. The Bertz CT molecular complexity index is 1350. The number of aliphatic hydroxyl groups is 1. The van der Waals surface area contributed by atoms with Crippen molar-refractivity contribution in [2.45, 2.75) is 13.0 Å². The molecule has 1 amide bonds. The number of anilines is 1. The summed E-state index contributed by atoms with van der Waals surface area (Å²) in [5, 5.41) is 15.1. The van der Waals surface area contributed by atoms with Crippen molar-refractivity contribution in [1.29, 1.82) is 0 Å². The number of hydrogen-bond acceptors (Lipinski definition) is 4. The van der Waals surface area contributed by atoms with Gasteiger partial charge in [-0.15, -0.1) is 11.3 Å². The van der Waals surface area contributed by atoms with E-state index in [1.165, 1.54) is 16.2 Å². The first kappa shape index (κ1) is 19.3. The van der Waals surface area contributed by atoms with Gasteiger partial charge in [0.05, 0.1) is 5.57 Å². The van der Waals surface area contributed by atoms with Gasteiger partial charge < -0.3 is 5.11 Å². The third-order valence-corrected chi connectivity index (χ3v) is 6.74. The van der Waals surface area contributed by atoms with Gasteiger partial charge in [0.25, 0.3) is 11.7 Å². The van der Waals surface area contributed by atoms with E-state index in [4.69, 9.17) is 0 Å². The Hall–Kier alpha value is -3.70. The standard InChI is InChI=1S/C26H19NO3S/c1-16-14-15-31-25(16)22-21(24(29)26(30)27(22)18-10-3-2-4-11-18)23(28)20-13-7-9-17-8-5-6-12-19(17)20/h2-15,22,28H,1H3/b23-21+. The zero-order chi connectivity index (χ0) is 21.5. The quantitative estimate of drug-likeness (QED) is 0.255. The lowest BCUT2D eigenvalue weighted by molar-refractivity contribution is -0.132. The molecule has 0 radical (unpaired) electrons. The van der Waals surface area contributed by atoms with Crippen molar-refractivity contribution >= 4 is 45.2 Å². The molecule has 1 aromatic heterocycles. The molecule has 0 aliphatic carbocycles. The number of rotatable bonds is 3. The molecule has 5 rings (SSSR count). The van der Waals surface area contributed by atoms with Gasteiger partial charge in [-0.3, -0.25) is 14.5 Å². The van der Waals surface area contributed by atoms with Gasteiger partial charge in [-0.2, -0.15) is 0 Å². The van der Waals surface area contributed by atoms with Gasteiger partial charge in [-0.05, 0) is 46.8 Å². The maximum atomic E-state index is 13.3. The van der Waals surface area contributed by atoms with E-state index in [1.54, 1.807) is 18.2 Å². The smallest absolute Gasteiger partial charge is 0.300 e. The highest BCUT2D eigenvalue weighted by molar-refractivity contribution is 7.10. The minimum Gasteiger partial charge on any atom is -0.507 e. The molecule has 1 fully saturated rings. The Morgan fingerprint density at radius 2 is 1.61 bits per heavy atom. The third kappa shape index (κ3) is 3.05. The van der Waals surface area contributed by atoms with Crippen LogP contribution in [-0.4, -0.2) is 16.8 Å². The molecule has 31 heavy (non-hydrogen) atoms. The lowest BCUT2D eigenvalue weighted by Gasteiger charge is -2.25. The summed E-state index contributed by atoms with van der Waals surface area (Å²) in [6.07, 6.45) is 0. The number of aryl methyl sites for hydroxylation is 1. The Kier molecular flexibility index (Phi) is 4.68. The highest BCUT2D eigenvalue weighted by Gasteiger charge is 2.47. The number of para-hydroxylation sites is 1. The fourth-order valence-electron chi connectivity index (χ4n) is 4.18. The number of benzene rings is 3. The number of ketones is 1. The lowest BCUT2D eigenvalue weighted by Crippen LogP contribution is -2.29. The predicted molar refractivity (Wildman–Crippen MR) is 124 cm³/mol. The largest absolute Gasteiger partial charge is 0.507 e. The minimum absolute atomic E-state index is 0.121. The van der Waals surface area contributed by atoms with Crippen molar-refractivity contribution in [2.75, 3.05) is 4.90 Å². The number of hydrogen-bond donors (Lipinski definition) is 1. The van der Waals surface area contributed by atoms with Crippen LogP contribution >= 0.6 is 11.3 Å². The number of thiophene rings is 1. The van der Waals surface area contributed by atoms with E-state index in [1.807, 2.05) is 73.0 Å². The van der Waals surface area contributed by atoms with Crippen LogP contribution in [0.25, 0.3) is 16.5 Å². The molecule has 1 atom stereocenters. The van der Waals surface area contributed by atoms with Gasteiger partial charge in [0.15, 0.2) is 0 Å². The van der Waals surface area contributed by atoms with E-state index < -0.39 is 17.7 Å². The Labute approximate surface area is 183 Å². The Balaban J connectivity index is 1.79. The Morgan fingerprint density at radius 1 is 0.903 bits per heavy atom. The highest BCUT2D eigenvalue weighted by Crippen LogP contribution is 2.45. The Morgan fingerprint density at radius 3 is 2.35 bits per heavy atom. The maximum Gasteiger partial charge on any atom is 0.300 e. The molecule has 1 aliphatic rings. The van der Waals surface area contributed by atoms with Crippen LogP contribution in [0.1, 0.15) is 22.0 Å². The van der Waals surface area contributed by atoms with Gasteiger partial charge in [-0.1, -0.05) is 60.7 Å². The zero-order valence-electron chi connectivity index (χ0n) is 16.8. The summed E-state index contributed by atoms with van der Waals surface area (Å²) in [4.78, 5) is 28.8. The van der Waals surface area contributed by atoms with Gasteiger partial charge in [0, 0.05) is 16.1 Å². The van der Waals surface area contributed by atoms with Crippen molar-refractivity contribution < 1.29 is 14.7 Å². The first-order valence-corrected chi connectivity index (χ1v) is 10.8. The van der Waals surface area contributed by atoms with Gasteiger partial charge in [0.1, 0.15) is 11.8 Å². The van der Waals surface area contributed by atoms with Crippen molar-refractivity contribution in [1.82, 2.24) is 0 Å². The van der Waals surface area contributed by atoms with Gasteiger partial charge in [-0.25, -0.2) is 0 Å². The molecule has 2 heterocycles. The number of carbonyl (C=O) groups excluding carboxylic acids is 2. The molecule has 0 spiro atoms. The second kappa shape index (κ2) is 7.52. The van der Waals surface area contributed by atoms with Crippen LogP contribution in [0.5, 0.6) is 0 Å². The average Bonchev–Trinajstić information content (AvgIpc) is 3.34. The van der Waals surface area contributed by atoms with Crippen LogP contribution < -0.4 is 4.90 Å². The van der Waals surface area contributed by atoms with E-state index in [0.29, 0.717) is 11.3 Å². The molecule has 0 bridgehead atoms. The van der Waals surface area contributed by atoms with E-state index in [2.05, 4.69) is 0 Å². The van der Waals surface area contributed by atoms with E-state index in [0.717, 1.165) is 21.2 Å². The molecule has 3 aromatic carbocycles. The number of carbonyl (C=O) groups is 2. The number of Topliss-reactive ketones (excluding diaryl/α,β-unsaturated/α-hetero) is 1. The summed E-state index contributed by atoms with van der Waals surface area (Å²) >= 11 is 1.48. The monoisotopic (exact) mass is 425 g/mol. The summed E-state index contributed by atoms with van der Waals surface area (Å²) in [5.41, 5.74) is 2.26. The van der Waals surface area contributed by atoms with Crippen molar-refractivity contribution in [3.8, 4) is 0 Å². The van der Waals surface area contributed by atoms with Crippen LogP contribution in [0.3, 0.4) is 0 Å². The molecule has 1 aliphatic heterocycles. The third-order valence-electron chi connectivity index (χ3n) is 5.67. The normalized spacial score (nSPS) is 18.1. The second-order valence-electron chi connectivity index (χ2n) is 7.50. The van der Waals surface area contributed by atoms with E-state index in [9.17, 15) is 14.7 Å². The number of amides is 1. The van der Waals surface area contributed by atoms with E-state index in [-0.39, 0.29) is 11.3 Å². The summed E-state index contributed by atoms with van der Waals surface area (Å²) in [6.45, 7) is 1.95. The molecular formula is C26H19NO3S. The fourth-order valence-corrected chi connectivity index (χ4v) is 5.20. The van der Waals surface area contributed by atoms with Crippen LogP contribution in [0, 0.1) is 6.92 Å². The minimum atomic E-state index is -0.679. The van der Waals surface area contributed by atoms with Crippen LogP contribution in [-0.2, 0) is 9.59 Å². The van der Waals surface area contributed by atoms with Gasteiger partial charge in [0.2, 0.25) is 0 Å². The first-order chi connectivity index (χ1) is 15.1. The van der Waals surface area contributed by atoms with Crippen molar-refractivity contribution in [3.63, 3.8) is 0 Å². The lowest BCUT2D eigenvalue weighted by atomic mass is 9.95. The predicted octanol–water partition coefficient (Wildman–Crippen LogP) is 5.84. The SMILES string of the molecule is Cc1ccsc1C1/C(=C(\O)c2cccc3ccccc23)C(=O)C(=O)N1c1ccccc1. The van der Waals surface area contributed by atoms with Gasteiger partial charge >= 0.3 is 0 Å². The molecule has 0 saturated carbocycles. The summed E-state index contributed by atoms with van der Waals surface area (Å²) in [5.74, 6) is -1.45. The van der Waals surface area contributed by atoms with Crippen LogP contribution in [0.2, 0.25) is 0 Å². The molecule has 4 aromatic rings. The topological polar surface area (TPSA) is 57.6 Å². The molecule has 152 valence electrons. The van der Waals surface area contributed by atoms with E-state index >= 15 is 0 Å². The molecule has 1 unspecified atom stereocenters. The fraction of sp³-hybridized carbons (Fsp3) is 0.0769. The van der Waals surface area contributed by atoms with Crippen molar-refractivity contribution in [2.24, 2.45) is 0 Å². The summed E-state index contributed by atoms with van der Waals surface area (Å²) in [7, 11) is 0. The number of aliphatic hydroxyl groups excluding tert-OH is 1. The number of fused-ring (bicyclic) bond motifs is 1. The second-order valence-corrected chi connectivity index (χ2v) is 8.45. The molecule has 5 heteroatoms. The molecule has 1 saturated heterocycles.